The Hall–Kier alpha value is -2.73. The van der Waals surface area contributed by atoms with Crippen molar-refractivity contribution in [1.82, 2.24) is 20.1 Å². The van der Waals surface area contributed by atoms with Crippen LogP contribution in [-0.4, -0.2) is 52.3 Å². The number of benzene rings is 1. The van der Waals surface area contributed by atoms with E-state index in [1.165, 1.54) is 36.1 Å². The summed E-state index contributed by atoms with van der Waals surface area (Å²) in [6.07, 6.45) is 4.60. The molecule has 6 heteroatoms. The molecule has 31 heavy (non-hydrogen) atoms. The molecular weight excluding hydrogens is 384 g/mol. The first-order valence-corrected chi connectivity index (χ1v) is 11.5. The minimum Gasteiger partial charge on any atom is -0.362 e. The van der Waals surface area contributed by atoms with Crippen molar-refractivity contribution in [3.8, 4) is 0 Å². The van der Waals surface area contributed by atoms with Gasteiger partial charge in [0.25, 0.3) is 0 Å². The van der Waals surface area contributed by atoms with Gasteiger partial charge in [0.05, 0.1) is 11.7 Å². The molecule has 162 valence electrons. The average molecular weight is 417 g/mol. The predicted molar refractivity (Wildman–Crippen MR) is 127 cm³/mol. The summed E-state index contributed by atoms with van der Waals surface area (Å²) in [6.45, 7) is 13.0. The first-order chi connectivity index (χ1) is 15.0. The second-order valence-electron chi connectivity index (χ2n) is 9.16. The van der Waals surface area contributed by atoms with Gasteiger partial charge in [0.1, 0.15) is 5.82 Å². The van der Waals surface area contributed by atoms with Crippen molar-refractivity contribution in [2.45, 2.75) is 52.6 Å². The quantitative estimate of drug-likeness (QED) is 0.680. The van der Waals surface area contributed by atoms with Gasteiger partial charge < -0.3 is 10.2 Å². The lowest BCUT2D eigenvalue weighted by Gasteiger charge is -2.38. The summed E-state index contributed by atoms with van der Waals surface area (Å²) in [5, 5.41) is 14.8. The fourth-order valence-corrected chi connectivity index (χ4v) is 5.17. The van der Waals surface area contributed by atoms with Crippen LogP contribution < -0.4 is 10.2 Å². The zero-order valence-electron chi connectivity index (χ0n) is 19.0. The summed E-state index contributed by atoms with van der Waals surface area (Å²) < 4.78 is 0. The van der Waals surface area contributed by atoms with Gasteiger partial charge in [0.15, 0.2) is 5.82 Å². The molecule has 2 aliphatic heterocycles. The van der Waals surface area contributed by atoms with E-state index in [9.17, 15) is 0 Å². The Labute approximate surface area is 184 Å². The van der Waals surface area contributed by atoms with E-state index in [0.29, 0.717) is 6.04 Å². The van der Waals surface area contributed by atoms with E-state index < -0.39 is 0 Å². The van der Waals surface area contributed by atoms with Gasteiger partial charge in [-0.05, 0) is 69.8 Å². The van der Waals surface area contributed by atoms with Crippen LogP contribution in [0, 0.1) is 20.8 Å². The first kappa shape index (κ1) is 20.2. The number of hydrogen-bond donors (Lipinski definition) is 1. The van der Waals surface area contributed by atoms with Crippen molar-refractivity contribution in [3.05, 3.63) is 52.8 Å². The van der Waals surface area contributed by atoms with E-state index in [4.69, 9.17) is 4.98 Å². The summed E-state index contributed by atoms with van der Waals surface area (Å²) in [7, 11) is 0. The number of fused-ring (bicyclic) bond motifs is 2. The molecule has 0 amide bonds. The molecule has 2 atom stereocenters. The molecule has 4 heterocycles. The molecule has 0 radical (unpaired) electrons. The molecular formula is C25H32N6. The number of hydrogen-bond acceptors (Lipinski definition) is 6. The van der Waals surface area contributed by atoms with E-state index in [-0.39, 0.29) is 6.04 Å². The summed E-state index contributed by atoms with van der Waals surface area (Å²) in [5.74, 6) is 1.88. The Morgan fingerprint density at radius 3 is 2.81 bits per heavy atom. The lowest BCUT2D eigenvalue weighted by Crippen LogP contribution is -2.50. The molecule has 5 rings (SSSR count). The van der Waals surface area contributed by atoms with Crippen molar-refractivity contribution >= 4 is 22.4 Å². The maximum atomic E-state index is 4.82. The van der Waals surface area contributed by atoms with Crippen molar-refractivity contribution in [2.75, 3.05) is 36.4 Å². The van der Waals surface area contributed by atoms with E-state index in [2.05, 4.69) is 70.4 Å². The van der Waals surface area contributed by atoms with E-state index >= 15 is 0 Å². The van der Waals surface area contributed by atoms with Crippen molar-refractivity contribution < 1.29 is 0 Å². The average Bonchev–Trinajstić information content (AvgIpc) is 3.25. The minimum absolute atomic E-state index is 0.138. The molecule has 3 aromatic rings. The van der Waals surface area contributed by atoms with Gasteiger partial charge in [-0.1, -0.05) is 18.2 Å². The lowest BCUT2D eigenvalue weighted by atomic mass is 9.98. The number of nitrogens with zero attached hydrogens (tertiary/aromatic N) is 5. The number of rotatable bonds is 4. The fourth-order valence-electron chi connectivity index (χ4n) is 5.17. The van der Waals surface area contributed by atoms with Crippen LogP contribution in [0.15, 0.2) is 30.5 Å². The maximum Gasteiger partial charge on any atom is 0.157 e. The lowest BCUT2D eigenvalue weighted by molar-refractivity contribution is 0.230. The van der Waals surface area contributed by atoms with E-state index in [1.807, 2.05) is 13.1 Å². The third-order valence-corrected chi connectivity index (χ3v) is 7.21. The zero-order chi connectivity index (χ0) is 21.5. The number of pyridine rings is 1. The highest BCUT2D eigenvalue weighted by molar-refractivity contribution is 5.94. The number of aryl methyl sites for hydroxylation is 2. The highest BCUT2D eigenvalue weighted by Crippen LogP contribution is 2.31. The second-order valence-corrected chi connectivity index (χ2v) is 9.16. The molecule has 0 aliphatic carbocycles. The van der Waals surface area contributed by atoms with Gasteiger partial charge in [-0.2, -0.15) is 5.10 Å². The third-order valence-electron chi connectivity index (χ3n) is 7.21. The molecule has 0 unspecified atom stereocenters. The Balaban J connectivity index is 1.47. The number of aromatic nitrogens is 3. The minimum atomic E-state index is 0.138. The standard InChI is InChI=1S/C25H32N6/c1-16-7-5-9-21(17(16)2)18(3)27-25-22-13-24(26-14-23(22)19(4)28-29-25)31-12-11-30-10-6-8-20(30)15-31/h5,7,9,13-14,18,20H,6,8,10-12,15H2,1-4H3,(H,27,29)/t18-,20-/m1/s1. The summed E-state index contributed by atoms with van der Waals surface area (Å²) in [5.41, 5.74) is 4.84. The zero-order valence-corrected chi connectivity index (χ0v) is 19.0. The normalized spacial score (nSPS) is 20.1. The van der Waals surface area contributed by atoms with Crippen LogP contribution in [0.3, 0.4) is 0 Å². The molecule has 1 aromatic carbocycles. The third kappa shape index (κ3) is 3.74. The number of nitrogens with one attached hydrogen (secondary N) is 1. The van der Waals surface area contributed by atoms with Crippen molar-refractivity contribution in [3.63, 3.8) is 0 Å². The van der Waals surface area contributed by atoms with Crippen LogP contribution >= 0.6 is 0 Å². The molecule has 0 spiro atoms. The monoisotopic (exact) mass is 416 g/mol. The van der Waals surface area contributed by atoms with Crippen LogP contribution in [0.5, 0.6) is 0 Å². The topological polar surface area (TPSA) is 57.2 Å². The Bertz CT molecular complexity index is 1110. The molecule has 2 aromatic heterocycles. The summed E-state index contributed by atoms with van der Waals surface area (Å²) >= 11 is 0. The summed E-state index contributed by atoms with van der Waals surface area (Å²) in [6, 6.07) is 9.50. The van der Waals surface area contributed by atoms with Gasteiger partial charge in [-0.3, -0.25) is 4.90 Å². The smallest absolute Gasteiger partial charge is 0.157 e. The molecule has 0 saturated carbocycles. The predicted octanol–water partition coefficient (Wildman–Crippen LogP) is 4.41. The van der Waals surface area contributed by atoms with Crippen LogP contribution in [0.4, 0.5) is 11.6 Å². The number of piperazine rings is 1. The summed E-state index contributed by atoms with van der Waals surface area (Å²) in [4.78, 5) is 9.90. The molecule has 6 nitrogen and oxygen atoms in total. The maximum absolute atomic E-state index is 4.82. The van der Waals surface area contributed by atoms with Gasteiger partial charge in [0.2, 0.25) is 0 Å². The molecule has 2 saturated heterocycles. The van der Waals surface area contributed by atoms with Crippen LogP contribution in [0.2, 0.25) is 0 Å². The Kier molecular flexibility index (Phi) is 5.26. The van der Waals surface area contributed by atoms with Crippen molar-refractivity contribution in [1.29, 1.82) is 0 Å². The largest absolute Gasteiger partial charge is 0.362 e. The highest BCUT2D eigenvalue weighted by Gasteiger charge is 2.31. The molecule has 0 bridgehead atoms. The Morgan fingerprint density at radius 2 is 1.94 bits per heavy atom. The van der Waals surface area contributed by atoms with E-state index in [0.717, 1.165) is 47.7 Å². The molecule has 2 aliphatic rings. The molecule has 1 N–H and O–H groups in total. The van der Waals surface area contributed by atoms with Gasteiger partial charge in [0, 0.05) is 42.6 Å². The van der Waals surface area contributed by atoms with Gasteiger partial charge in [-0.15, -0.1) is 5.10 Å². The van der Waals surface area contributed by atoms with Gasteiger partial charge in [-0.25, -0.2) is 4.98 Å². The Morgan fingerprint density at radius 1 is 1.06 bits per heavy atom. The van der Waals surface area contributed by atoms with Crippen molar-refractivity contribution in [2.24, 2.45) is 0 Å². The van der Waals surface area contributed by atoms with Crippen LogP contribution in [-0.2, 0) is 0 Å². The fraction of sp³-hybridized carbons (Fsp3) is 0.480. The van der Waals surface area contributed by atoms with Gasteiger partial charge >= 0.3 is 0 Å². The highest BCUT2D eigenvalue weighted by atomic mass is 15.3. The molecule has 2 fully saturated rings. The number of anilines is 2. The second kappa shape index (κ2) is 8.08. The first-order valence-electron chi connectivity index (χ1n) is 11.5. The SMILES string of the molecule is Cc1cccc([C@@H](C)Nc2nnc(C)c3cnc(N4CCN5CCC[C@@H]5C4)cc23)c1C. The van der Waals surface area contributed by atoms with Crippen LogP contribution in [0.1, 0.15) is 48.2 Å². The van der Waals surface area contributed by atoms with Crippen LogP contribution in [0.25, 0.3) is 10.8 Å². The van der Waals surface area contributed by atoms with E-state index in [1.54, 1.807) is 0 Å².